The highest BCUT2D eigenvalue weighted by Crippen LogP contribution is 2.17. The van der Waals surface area contributed by atoms with Crippen LogP contribution in [0.2, 0.25) is 0 Å². The molecule has 0 radical (unpaired) electrons. The van der Waals surface area contributed by atoms with Crippen LogP contribution in [-0.2, 0) is 11.3 Å². The molecular formula is C19H17F2N3O3. The Hall–Kier alpha value is -3.29. The molecule has 1 atom stereocenters. The van der Waals surface area contributed by atoms with Gasteiger partial charge in [0.25, 0.3) is 5.56 Å². The number of para-hydroxylation sites is 1. The van der Waals surface area contributed by atoms with Crippen molar-refractivity contribution in [1.82, 2.24) is 14.9 Å². The van der Waals surface area contributed by atoms with Crippen LogP contribution in [0.25, 0.3) is 10.9 Å². The predicted molar refractivity (Wildman–Crippen MR) is 96.4 cm³/mol. The first-order chi connectivity index (χ1) is 12.9. The Morgan fingerprint density at radius 1 is 1.19 bits per heavy atom. The van der Waals surface area contributed by atoms with E-state index in [-0.39, 0.29) is 18.5 Å². The van der Waals surface area contributed by atoms with Crippen LogP contribution in [-0.4, -0.2) is 15.5 Å². The van der Waals surface area contributed by atoms with Gasteiger partial charge in [0, 0.05) is 24.6 Å². The first-order valence-electron chi connectivity index (χ1n) is 8.33. The molecule has 0 spiro atoms. The third kappa shape index (κ3) is 3.94. The standard InChI is InChI=1S/C19H17F2N3O3/c1-11(13-7-6-12(20)10-15(13)21)22-17(25)8-9-24-16-5-3-2-4-14(16)18(26)23-19(24)27/h2-7,10-11H,8-9H2,1H3,(H,22,25)(H,23,26,27). The van der Waals surface area contributed by atoms with Gasteiger partial charge in [-0.3, -0.25) is 19.1 Å². The van der Waals surface area contributed by atoms with E-state index in [1.54, 1.807) is 31.2 Å². The van der Waals surface area contributed by atoms with E-state index in [1.807, 2.05) is 0 Å². The number of nitrogens with one attached hydrogen (secondary N) is 2. The molecule has 27 heavy (non-hydrogen) atoms. The number of halogens is 2. The average Bonchev–Trinajstić information content (AvgIpc) is 2.61. The SMILES string of the molecule is CC(NC(=O)CCn1c(=O)[nH]c(=O)c2ccccc21)c1ccc(F)cc1F. The van der Waals surface area contributed by atoms with E-state index in [1.165, 1.54) is 10.6 Å². The maximum atomic E-state index is 13.8. The number of aromatic nitrogens is 2. The van der Waals surface area contributed by atoms with Crippen LogP contribution in [0.4, 0.5) is 8.78 Å². The Labute approximate surface area is 152 Å². The second kappa shape index (κ2) is 7.53. The summed E-state index contributed by atoms with van der Waals surface area (Å²) in [4.78, 5) is 38.3. The monoisotopic (exact) mass is 373 g/mol. The fourth-order valence-electron chi connectivity index (χ4n) is 2.92. The highest BCUT2D eigenvalue weighted by molar-refractivity contribution is 5.79. The molecule has 3 rings (SSSR count). The maximum absolute atomic E-state index is 13.8. The van der Waals surface area contributed by atoms with Gasteiger partial charge in [0.05, 0.1) is 16.9 Å². The molecule has 0 saturated carbocycles. The topological polar surface area (TPSA) is 84.0 Å². The van der Waals surface area contributed by atoms with Crippen LogP contribution in [0.15, 0.2) is 52.1 Å². The lowest BCUT2D eigenvalue weighted by atomic mass is 10.1. The van der Waals surface area contributed by atoms with Gasteiger partial charge in [0.15, 0.2) is 0 Å². The van der Waals surface area contributed by atoms with Crippen LogP contribution < -0.4 is 16.6 Å². The van der Waals surface area contributed by atoms with Crippen molar-refractivity contribution < 1.29 is 13.6 Å². The van der Waals surface area contributed by atoms with Gasteiger partial charge in [-0.1, -0.05) is 18.2 Å². The fraction of sp³-hybridized carbons (Fsp3) is 0.211. The molecule has 0 aliphatic rings. The summed E-state index contributed by atoms with van der Waals surface area (Å²) in [7, 11) is 0. The fourth-order valence-corrected chi connectivity index (χ4v) is 2.92. The summed E-state index contributed by atoms with van der Waals surface area (Å²) >= 11 is 0. The van der Waals surface area contributed by atoms with Crippen molar-refractivity contribution in [3.8, 4) is 0 Å². The van der Waals surface area contributed by atoms with Crippen molar-refractivity contribution in [3.63, 3.8) is 0 Å². The Morgan fingerprint density at radius 2 is 1.93 bits per heavy atom. The first-order valence-corrected chi connectivity index (χ1v) is 8.33. The van der Waals surface area contributed by atoms with Gasteiger partial charge >= 0.3 is 5.69 Å². The Balaban J connectivity index is 1.74. The molecule has 1 unspecified atom stereocenters. The molecular weight excluding hydrogens is 356 g/mol. The molecule has 0 fully saturated rings. The highest BCUT2D eigenvalue weighted by atomic mass is 19.1. The van der Waals surface area contributed by atoms with Gasteiger partial charge in [-0.15, -0.1) is 0 Å². The number of rotatable bonds is 5. The van der Waals surface area contributed by atoms with Gasteiger partial charge in [-0.05, 0) is 25.1 Å². The van der Waals surface area contributed by atoms with Crippen molar-refractivity contribution in [3.05, 3.63) is 80.5 Å². The van der Waals surface area contributed by atoms with Crippen LogP contribution in [0.3, 0.4) is 0 Å². The highest BCUT2D eigenvalue weighted by Gasteiger charge is 2.15. The number of aromatic amines is 1. The summed E-state index contributed by atoms with van der Waals surface area (Å²) in [5.74, 6) is -1.85. The first kappa shape index (κ1) is 18.5. The van der Waals surface area contributed by atoms with E-state index in [2.05, 4.69) is 10.3 Å². The number of carbonyl (C=O) groups is 1. The summed E-state index contributed by atoms with van der Waals surface area (Å²) in [6, 6.07) is 9.06. The van der Waals surface area contributed by atoms with Crippen molar-refractivity contribution in [2.45, 2.75) is 25.9 Å². The smallest absolute Gasteiger partial charge is 0.328 e. The van der Waals surface area contributed by atoms with Gasteiger partial charge in [0.1, 0.15) is 11.6 Å². The van der Waals surface area contributed by atoms with Gasteiger partial charge in [-0.25, -0.2) is 13.6 Å². The van der Waals surface area contributed by atoms with E-state index in [9.17, 15) is 23.2 Å². The van der Waals surface area contributed by atoms with E-state index in [0.29, 0.717) is 10.9 Å². The largest absolute Gasteiger partial charge is 0.349 e. The number of benzene rings is 2. The molecule has 0 bridgehead atoms. The second-order valence-corrected chi connectivity index (χ2v) is 6.13. The van der Waals surface area contributed by atoms with Gasteiger partial charge in [-0.2, -0.15) is 0 Å². The normalized spacial score (nSPS) is 12.1. The Morgan fingerprint density at radius 3 is 2.67 bits per heavy atom. The summed E-state index contributed by atoms with van der Waals surface area (Å²) in [6.45, 7) is 1.62. The molecule has 3 aromatic rings. The molecule has 0 aliphatic carbocycles. The molecule has 0 aliphatic heterocycles. The molecule has 2 aromatic carbocycles. The second-order valence-electron chi connectivity index (χ2n) is 6.13. The Kier molecular flexibility index (Phi) is 5.16. The number of amides is 1. The van der Waals surface area contributed by atoms with Crippen molar-refractivity contribution in [2.75, 3.05) is 0 Å². The third-order valence-corrected chi connectivity index (χ3v) is 4.27. The summed E-state index contributed by atoms with van der Waals surface area (Å²) in [6.07, 6.45) is -0.0525. The zero-order chi connectivity index (χ0) is 19.6. The number of hydrogen-bond acceptors (Lipinski definition) is 3. The number of hydrogen-bond donors (Lipinski definition) is 2. The molecule has 1 amide bonds. The molecule has 2 N–H and O–H groups in total. The van der Waals surface area contributed by atoms with Crippen molar-refractivity contribution in [1.29, 1.82) is 0 Å². The van der Waals surface area contributed by atoms with Crippen LogP contribution in [0.5, 0.6) is 0 Å². The number of aryl methyl sites for hydroxylation is 1. The Bertz CT molecular complexity index is 1120. The van der Waals surface area contributed by atoms with Gasteiger partial charge < -0.3 is 5.32 Å². The minimum Gasteiger partial charge on any atom is -0.349 e. The van der Waals surface area contributed by atoms with Crippen LogP contribution in [0.1, 0.15) is 24.9 Å². The summed E-state index contributed by atoms with van der Waals surface area (Å²) in [5, 5.41) is 2.96. The van der Waals surface area contributed by atoms with Crippen molar-refractivity contribution >= 4 is 16.8 Å². The van der Waals surface area contributed by atoms with E-state index in [4.69, 9.17) is 0 Å². The maximum Gasteiger partial charge on any atom is 0.328 e. The lowest BCUT2D eigenvalue weighted by molar-refractivity contribution is -0.121. The lowest BCUT2D eigenvalue weighted by Gasteiger charge is -2.16. The van der Waals surface area contributed by atoms with E-state index in [0.717, 1.165) is 12.1 Å². The van der Waals surface area contributed by atoms with Crippen LogP contribution >= 0.6 is 0 Å². The lowest BCUT2D eigenvalue weighted by Crippen LogP contribution is -2.33. The van der Waals surface area contributed by atoms with Crippen molar-refractivity contribution in [2.24, 2.45) is 0 Å². The summed E-state index contributed by atoms with van der Waals surface area (Å²) in [5.41, 5.74) is -0.506. The molecule has 8 heteroatoms. The quantitative estimate of drug-likeness (QED) is 0.719. The number of fused-ring (bicyclic) bond motifs is 1. The molecule has 140 valence electrons. The number of carbonyl (C=O) groups excluding carboxylic acids is 1. The zero-order valence-corrected chi connectivity index (χ0v) is 14.5. The van der Waals surface area contributed by atoms with E-state index >= 15 is 0 Å². The predicted octanol–water partition coefficient (Wildman–Crippen LogP) is 2.24. The molecule has 1 aromatic heterocycles. The van der Waals surface area contributed by atoms with E-state index < -0.39 is 34.8 Å². The molecule has 6 nitrogen and oxygen atoms in total. The minimum absolute atomic E-state index is 0.0422. The average molecular weight is 373 g/mol. The summed E-state index contributed by atoms with van der Waals surface area (Å²) < 4.78 is 28.1. The molecule has 0 saturated heterocycles. The molecule has 1 heterocycles. The third-order valence-electron chi connectivity index (χ3n) is 4.27. The number of nitrogens with zero attached hydrogens (tertiary/aromatic N) is 1. The number of H-pyrrole nitrogens is 1. The van der Waals surface area contributed by atoms with Gasteiger partial charge in [0.2, 0.25) is 5.91 Å². The minimum atomic E-state index is -0.745. The zero-order valence-electron chi connectivity index (χ0n) is 14.5. The van der Waals surface area contributed by atoms with Crippen LogP contribution in [0, 0.1) is 11.6 Å².